The molecule has 0 amide bonds. The Labute approximate surface area is 166 Å². The summed E-state index contributed by atoms with van der Waals surface area (Å²) in [4.78, 5) is 4.38. The number of anilines is 1. The van der Waals surface area contributed by atoms with E-state index in [0.29, 0.717) is 43.9 Å². The summed E-state index contributed by atoms with van der Waals surface area (Å²) >= 11 is 12.7. The van der Waals surface area contributed by atoms with E-state index in [2.05, 4.69) is 11.1 Å². The van der Waals surface area contributed by atoms with Crippen LogP contribution < -0.4 is 15.2 Å². The van der Waals surface area contributed by atoms with E-state index in [-0.39, 0.29) is 11.4 Å². The third-order valence-electron chi connectivity index (χ3n) is 4.07. The molecular formula is C20H15Cl2N3O2. The molecule has 2 aromatic carbocycles. The number of nitrogens with two attached hydrogens (primary N) is 1. The van der Waals surface area contributed by atoms with E-state index < -0.39 is 0 Å². The van der Waals surface area contributed by atoms with Crippen molar-refractivity contribution in [1.82, 2.24) is 4.98 Å². The third-order valence-corrected chi connectivity index (χ3v) is 4.70. The van der Waals surface area contributed by atoms with Crippen molar-refractivity contribution in [3.8, 4) is 40.0 Å². The Morgan fingerprint density at radius 2 is 1.70 bits per heavy atom. The topological polar surface area (TPSA) is 81.2 Å². The molecule has 0 unspecified atom stereocenters. The zero-order chi connectivity index (χ0) is 19.6. The first-order valence-electron chi connectivity index (χ1n) is 7.87. The van der Waals surface area contributed by atoms with Crippen LogP contribution in [0.3, 0.4) is 0 Å². The third kappa shape index (κ3) is 3.50. The van der Waals surface area contributed by atoms with Crippen molar-refractivity contribution in [2.24, 2.45) is 0 Å². The quantitative estimate of drug-likeness (QED) is 0.652. The zero-order valence-corrected chi connectivity index (χ0v) is 16.1. The highest BCUT2D eigenvalue weighted by Gasteiger charge is 2.19. The van der Waals surface area contributed by atoms with E-state index in [9.17, 15) is 5.26 Å². The minimum atomic E-state index is 0.0749. The second kappa shape index (κ2) is 7.75. The number of ether oxygens (including phenoxy) is 2. The number of nitriles is 1. The maximum absolute atomic E-state index is 9.59. The summed E-state index contributed by atoms with van der Waals surface area (Å²) in [5, 5.41) is 10.4. The number of methoxy groups -OCH3 is 2. The molecule has 0 saturated heterocycles. The summed E-state index contributed by atoms with van der Waals surface area (Å²) < 4.78 is 10.7. The van der Waals surface area contributed by atoms with Gasteiger partial charge in [-0.25, -0.2) is 4.98 Å². The van der Waals surface area contributed by atoms with Crippen LogP contribution in [0, 0.1) is 11.3 Å². The van der Waals surface area contributed by atoms with Crippen LogP contribution >= 0.6 is 23.2 Å². The van der Waals surface area contributed by atoms with Gasteiger partial charge in [-0.05, 0) is 36.4 Å². The van der Waals surface area contributed by atoms with Crippen LogP contribution in [0.5, 0.6) is 11.5 Å². The van der Waals surface area contributed by atoms with Crippen molar-refractivity contribution < 1.29 is 9.47 Å². The second-order valence-electron chi connectivity index (χ2n) is 5.59. The summed E-state index contributed by atoms with van der Waals surface area (Å²) in [5.74, 6) is 1.29. The smallest absolute Gasteiger partial charge is 0.142 e. The molecule has 27 heavy (non-hydrogen) atoms. The second-order valence-corrected chi connectivity index (χ2v) is 6.40. The minimum absolute atomic E-state index is 0.0749. The lowest BCUT2D eigenvalue weighted by Crippen LogP contribution is -2.01. The predicted molar refractivity (Wildman–Crippen MR) is 107 cm³/mol. The summed E-state index contributed by atoms with van der Waals surface area (Å²) in [6.45, 7) is 0. The van der Waals surface area contributed by atoms with Crippen molar-refractivity contribution >= 4 is 29.0 Å². The first-order chi connectivity index (χ1) is 13.0. The number of nitrogens with zero attached hydrogens (tertiary/aromatic N) is 2. The van der Waals surface area contributed by atoms with Gasteiger partial charge in [0, 0.05) is 26.7 Å². The minimum Gasteiger partial charge on any atom is -0.497 e. The Bertz CT molecular complexity index is 1040. The average Bonchev–Trinajstić information content (AvgIpc) is 2.67. The maximum Gasteiger partial charge on any atom is 0.142 e. The van der Waals surface area contributed by atoms with Crippen LogP contribution in [0.25, 0.3) is 22.4 Å². The highest BCUT2D eigenvalue weighted by molar-refractivity contribution is 6.39. The lowest BCUT2D eigenvalue weighted by atomic mass is 9.98. The summed E-state index contributed by atoms with van der Waals surface area (Å²) in [5.41, 5.74) is 8.48. The highest BCUT2D eigenvalue weighted by Crippen LogP contribution is 2.41. The number of hydrogen-bond acceptors (Lipinski definition) is 5. The van der Waals surface area contributed by atoms with Crippen molar-refractivity contribution in [2.45, 2.75) is 0 Å². The Hall–Kier alpha value is -2.94. The molecule has 1 aromatic heterocycles. The lowest BCUT2D eigenvalue weighted by Gasteiger charge is -2.15. The van der Waals surface area contributed by atoms with Gasteiger partial charge >= 0.3 is 0 Å². The molecule has 0 aliphatic heterocycles. The number of nitrogen functional groups attached to an aromatic ring is 1. The molecule has 0 atom stereocenters. The molecule has 2 N–H and O–H groups in total. The van der Waals surface area contributed by atoms with Crippen molar-refractivity contribution in [3.05, 3.63) is 58.1 Å². The van der Waals surface area contributed by atoms with Gasteiger partial charge in [0.25, 0.3) is 0 Å². The molecule has 7 heteroatoms. The lowest BCUT2D eigenvalue weighted by molar-refractivity contribution is 0.404. The number of halogens is 2. The highest BCUT2D eigenvalue weighted by atomic mass is 35.5. The summed E-state index contributed by atoms with van der Waals surface area (Å²) in [6, 6.07) is 14.3. The first-order valence-corrected chi connectivity index (χ1v) is 8.63. The summed E-state index contributed by atoms with van der Waals surface area (Å²) in [7, 11) is 3.13. The van der Waals surface area contributed by atoms with Crippen LogP contribution in [0.15, 0.2) is 42.5 Å². The van der Waals surface area contributed by atoms with Gasteiger partial charge in [0.1, 0.15) is 28.9 Å². The molecule has 0 bridgehead atoms. The van der Waals surface area contributed by atoms with Gasteiger partial charge in [0.15, 0.2) is 0 Å². The normalized spacial score (nSPS) is 10.3. The van der Waals surface area contributed by atoms with Crippen LogP contribution in [-0.2, 0) is 0 Å². The molecule has 1 heterocycles. The van der Waals surface area contributed by atoms with Crippen LogP contribution in [0.4, 0.5) is 5.82 Å². The predicted octanol–water partition coefficient (Wildman–Crippen LogP) is 5.19. The standard InChI is InChI=1S/C20H15Cl2N3O2/c1-26-11-6-7-18(27-2)13(8-11)17-9-12(14(10-23)20(24)25-17)19-15(21)4-3-5-16(19)22/h3-9H,1-2H3,(H2,24,25). The van der Waals surface area contributed by atoms with Crippen LogP contribution in [0.1, 0.15) is 5.56 Å². The Balaban J connectivity index is 2.33. The van der Waals surface area contributed by atoms with E-state index in [1.807, 2.05) is 0 Å². The zero-order valence-electron chi connectivity index (χ0n) is 14.6. The van der Waals surface area contributed by atoms with Gasteiger partial charge in [-0.2, -0.15) is 5.26 Å². The van der Waals surface area contributed by atoms with Gasteiger partial charge in [-0.15, -0.1) is 0 Å². The molecule has 5 nitrogen and oxygen atoms in total. The van der Waals surface area contributed by atoms with Gasteiger partial charge in [-0.3, -0.25) is 0 Å². The number of aromatic nitrogens is 1. The average molecular weight is 400 g/mol. The molecule has 0 radical (unpaired) electrons. The number of hydrogen-bond donors (Lipinski definition) is 1. The van der Waals surface area contributed by atoms with E-state index >= 15 is 0 Å². The molecule has 0 saturated carbocycles. The molecule has 3 aromatic rings. The fourth-order valence-electron chi connectivity index (χ4n) is 2.79. The maximum atomic E-state index is 9.59. The Morgan fingerprint density at radius 1 is 1.00 bits per heavy atom. The molecule has 0 aliphatic carbocycles. The number of pyridine rings is 1. The molecule has 3 rings (SSSR count). The Kier molecular flexibility index (Phi) is 5.41. The fraction of sp³-hybridized carbons (Fsp3) is 0.100. The number of benzene rings is 2. The van der Waals surface area contributed by atoms with Crippen molar-refractivity contribution in [3.63, 3.8) is 0 Å². The SMILES string of the molecule is COc1ccc(OC)c(-c2cc(-c3c(Cl)cccc3Cl)c(C#N)c(N)n2)c1. The van der Waals surface area contributed by atoms with Crippen LogP contribution in [0.2, 0.25) is 10.0 Å². The van der Waals surface area contributed by atoms with E-state index in [1.54, 1.807) is 56.7 Å². The fourth-order valence-corrected chi connectivity index (χ4v) is 3.39. The first kappa shape index (κ1) is 18.8. The van der Waals surface area contributed by atoms with Gasteiger partial charge in [0.2, 0.25) is 0 Å². The van der Waals surface area contributed by atoms with Gasteiger partial charge < -0.3 is 15.2 Å². The largest absolute Gasteiger partial charge is 0.497 e. The molecule has 136 valence electrons. The van der Waals surface area contributed by atoms with Gasteiger partial charge in [-0.1, -0.05) is 29.3 Å². The monoisotopic (exact) mass is 399 g/mol. The molecular weight excluding hydrogens is 385 g/mol. The Morgan fingerprint density at radius 3 is 2.30 bits per heavy atom. The molecule has 0 aliphatic rings. The van der Waals surface area contributed by atoms with Crippen molar-refractivity contribution in [1.29, 1.82) is 5.26 Å². The van der Waals surface area contributed by atoms with Gasteiger partial charge in [0.05, 0.1) is 19.9 Å². The van der Waals surface area contributed by atoms with Crippen molar-refractivity contribution in [2.75, 3.05) is 20.0 Å². The number of rotatable bonds is 4. The van der Waals surface area contributed by atoms with E-state index in [1.165, 1.54) is 0 Å². The summed E-state index contributed by atoms with van der Waals surface area (Å²) in [6.07, 6.45) is 0. The molecule has 0 fully saturated rings. The van der Waals surface area contributed by atoms with Crippen LogP contribution in [-0.4, -0.2) is 19.2 Å². The van der Waals surface area contributed by atoms with E-state index in [0.717, 1.165) is 0 Å². The van der Waals surface area contributed by atoms with E-state index in [4.69, 9.17) is 38.4 Å². The molecule has 0 spiro atoms.